The molecule has 122 valence electrons. The van der Waals surface area contributed by atoms with Crippen molar-refractivity contribution in [2.24, 2.45) is 11.7 Å². The molecule has 1 fully saturated rings. The summed E-state index contributed by atoms with van der Waals surface area (Å²) in [6, 6.07) is 8.08. The Hall–Kier alpha value is -1.42. The number of amides is 1. The van der Waals surface area contributed by atoms with Gasteiger partial charge in [0.25, 0.3) is 0 Å². The molecule has 1 unspecified atom stereocenters. The summed E-state index contributed by atoms with van der Waals surface area (Å²) >= 11 is 0. The Labute approximate surface area is 132 Å². The molecule has 1 saturated carbocycles. The molecule has 1 aliphatic rings. The van der Waals surface area contributed by atoms with Gasteiger partial charge in [-0.05, 0) is 43.2 Å². The average Bonchev–Trinajstić information content (AvgIpc) is 2.90. The van der Waals surface area contributed by atoms with Crippen molar-refractivity contribution < 1.29 is 9.18 Å². The summed E-state index contributed by atoms with van der Waals surface area (Å²) in [5.74, 6) is 0.0824. The molecule has 4 heteroatoms. The predicted octanol–water partition coefficient (Wildman–Crippen LogP) is 3.45. The molecule has 0 saturated heterocycles. The van der Waals surface area contributed by atoms with Gasteiger partial charge in [-0.2, -0.15) is 0 Å². The molecule has 3 atom stereocenters. The molecular weight excluding hydrogens is 279 g/mol. The number of rotatable bonds is 5. The lowest BCUT2D eigenvalue weighted by Gasteiger charge is -2.22. The second-order valence-electron chi connectivity index (χ2n) is 6.81. The van der Waals surface area contributed by atoms with Gasteiger partial charge in [0.05, 0.1) is 6.04 Å². The van der Waals surface area contributed by atoms with Gasteiger partial charge in [0.1, 0.15) is 5.67 Å². The van der Waals surface area contributed by atoms with Gasteiger partial charge in [0, 0.05) is 12.5 Å². The van der Waals surface area contributed by atoms with Crippen molar-refractivity contribution in [3.8, 4) is 0 Å². The monoisotopic (exact) mass is 306 g/mol. The third kappa shape index (κ3) is 3.67. The Morgan fingerprint density at radius 3 is 2.55 bits per heavy atom. The number of nitrogens with one attached hydrogen (secondary N) is 1. The number of nitrogens with two attached hydrogens (primary N) is 1. The summed E-state index contributed by atoms with van der Waals surface area (Å²) in [4.78, 5) is 12.4. The highest BCUT2D eigenvalue weighted by Gasteiger charge is 2.41. The molecule has 0 heterocycles. The molecule has 0 spiro atoms. The molecule has 1 aromatic rings. The van der Waals surface area contributed by atoms with Crippen LogP contribution in [0.25, 0.3) is 0 Å². The van der Waals surface area contributed by atoms with Crippen molar-refractivity contribution in [3.05, 3.63) is 35.4 Å². The summed E-state index contributed by atoms with van der Waals surface area (Å²) in [6.07, 6.45) is 1.21. The van der Waals surface area contributed by atoms with Crippen LogP contribution in [0.1, 0.15) is 63.1 Å². The lowest BCUT2D eigenvalue weighted by molar-refractivity contribution is -0.125. The first kappa shape index (κ1) is 16.9. The fourth-order valence-electron chi connectivity index (χ4n) is 3.33. The fraction of sp³-hybridized carbons (Fsp3) is 0.611. The van der Waals surface area contributed by atoms with Crippen LogP contribution < -0.4 is 11.1 Å². The molecule has 2 rings (SSSR count). The van der Waals surface area contributed by atoms with Gasteiger partial charge < -0.3 is 11.1 Å². The van der Waals surface area contributed by atoms with E-state index in [2.05, 4.69) is 25.2 Å². The molecule has 22 heavy (non-hydrogen) atoms. The molecule has 0 bridgehead atoms. The number of alkyl halides is 1. The van der Waals surface area contributed by atoms with Crippen LogP contribution in [0.3, 0.4) is 0 Å². The van der Waals surface area contributed by atoms with Gasteiger partial charge in [-0.3, -0.25) is 4.79 Å². The first-order valence-electron chi connectivity index (χ1n) is 8.14. The van der Waals surface area contributed by atoms with Crippen LogP contribution in [-0.4, -0.2) is 18.1 Å². The van der Waals surface area contributed by atoms with Crippen molar-refractivity contribution >= 4 is 5.91 Å². The standard InChI is InChI=1S/C18H27FN2O/c1-12(2)15-6-4-5-7-16(15)13(3)21-17(22)14-8-9-18(19,10-14)11-20/h4-7,12-14H,8-11,20H2,1-3H3,(H,21,22)/t13?,14-,18-/m1/s1. The molecule has 0 aromatic heterocycles. The number of hydrogen-bond acceptors (Lipinski definition) is 2. The van der Waals surface area contributed by atoms with Crippen LogP contribution in [0, 0.1) is 5.92 Å². The van der Waals surface area contributed by atoms with Crippen LogP contribution in [0.5, 0.6) is 0 Å². The quantitative estimate of drug-likeness (QED) is 0.875. The Kier molecular flexibility index (Phi) is 5.22. The van der Waals surface area contributed by atoms with Crippen molar-refractivity contribution in [2.45, 2.75) is 57.7 Å². The third-order valence-corrected chi connectivity index (χ3v) is 4.73. The van der Waals surface area contributed by atoms with E-state index in [4.69, 9.17) is 5.73 Å². The molecule has 0 radical (unpaired) electrons. The van der Waals surface area contributed by atoms with E-state index in [0.717, 1.165) is 5.56 Å². The number of carbonyl (C=O) groups excluding carboxylic acids is 1. The lowest BCUT2D eigenvalue weighted by Crippen LogP contribution is -2.35. The Balaban J connectivity index is 2.04. The summed E-state index contributed by atoms with van der Waals surface area (Å²) < 4.78 is 14.2. The number of halogens is 1. The van der Waals surface area contributed by atoms with Crippen molar-refractivity contribution in [1.82, 2.24) is 5.32 Å². The van der Waals surface area contributed by atoms with Crippen molar-refractivity contribution in [3.63, 3.8) is 0 Å². The smallest absolute Gasteiger partial charge is 0.223 e. The highest BCUT2D eigenvalue weighted by molar-refractivity contribution is 5.79. The van der Waals surface area contributed by atoms with E-state index < -0.39 is 5.67 Å². The topological polar surface area (TPSA) is 55.1 Å². The molecular formula is C18H27FN2O. The number of carbonyl (C=O) groups is 1. The predicted molar refractivity (Wildman–Crippen MR) is 87.3 cm³/mol. The maximum atomic E-state index is 14.2. The molecule has 1 amide bonds. The Morgan fingerprint density at radius 1 is 1.36 bits per heavy atom. The van der Waals surface area contributed by atoms with Gasteiger partial charge in [-0.25, -0.2) is 4.39 Å². The van der Waals surface area contributed by atoms with Gasteiger partial charge >= 0.3 is 0 Å². The van der Waals surface area contributed by atoms with Gasteiger partial charge in [0.2, 0.25) is 5.91 Å². The normalized spacial score (nSPS) is 26.2. The molecule has 1 aromatic carbocycles. The van der Waals surface area contributed by atoms with Crippen molar-refractivity contribution in [2.75, 3.05) is 6.54 Å². The minimum atomic E-state index is -1.36. The van der Waals surface area contributed by atoms with E-state index in [0.29, 0.717) is 18.8 Å². The highest BCUT2D eigenvalue weighted by atomic mass is 19.1. The first-order valence-corrected chi connectivity index (χ1v) is 8.14. The van der Waals surface area contributed by atoms with Crippen LogP contribution in [0.15, 0.2) is 24.3 Å². The van der Waals surface area contributed by atoms with Gasteiger partial charge in [0.15, 0.2) is 0 Å². The third-order valence-electron chi connectivity index (χ3n) is 4.73. The summed E-state index contributed by atoms with van der Waals surface area (Å²) in [5, 5.41) is 3.05. The van der Waals surface area contributed by atoms with Crippen LogP contribution in [0.2, 0.25) is 0 Å². The zero-order chi connectivity index (χ0) is 16.3. The minimum absolute atomic E-state index is 0.00250. The zero-order valence-electron chi connectivity index (χ0n) is 13.7. The van der Waals surface area contributed by atoms with E-state index in [9.17, 15) is 9.18 Å². The number of hydrogen-bond donors (Lipinski definition) is 2. The van der Waals surface area contributed by atoms with E-state index >= 15 is 0 Å². The fourth-order valence-corrected chi connectivity index (χ4v) is 3.33. The minimum Gasteiger partial charge on any atom is -0.349 e. The summed E-state index contributed by atoms with van der Waals surface area (Å²) in [7, 11) is 0. The summed E-state index contributed by atoms with van der Waals surface area (Å²) in [5.41, 5.74) is 6.48. The van der Waals surface area contributed by atoms with E-state index in [1.807, 2.05) is 25.1 Å². The second kappa shape index (κ2) is 6.78. The van der Waals surface area contributed by atoms with E-state index in [-0.39, 0.29) is 30.8 Å². The van der Waals surface area contributed by atoms with Crippen LogP contribution in [0.4, 0.5) is 4.39 Å². The zero-order valence-corrected chi connectivity index (χ0v) is 13.7. The molecule has 3 nitrogen and oxygen atoms in total. The molecule has 0 aliphatic heterocycles. The maximum absolute atomic E-state index is 14.2. The summed E-state index contributed by atoms with van der Waals surface area (Å²) in [6.45, 7) is 6.27. The Morgan fingerprint density at radius 2 is 2.00 bits per heavy atom. The SMILES string of the molecule is CC(C)c1ccccc1C(C)NC(=O)[C@@H]1CC[C@](F)(CN)C1. The van der Waals surface area contributed by atoms with Gasteiger partial charge in [-0.15, -0.1) is 0 Å². The lowest BCUT2D eigenvalue weighted by atomic mass is 9.93. The van der Waals surface area contributed by atoms with Crippen LogP contribution >= 0.6 is 0 Å². The van der Waals surface area contributed by atoms with E-state index in [1.165, 1.54) is 5.56 Å². The largest absolute Gasteiger partial charge is 0.349 e. The van der Waals surface area contributed by atoms with Gasteiger partial charge in [-0.1, -0.05) is 38.1 Å². The average molecular weight is 306 g/mol. The second-order valence-corrected chi connectivity index (χ2v) is 6.81. The van der Waals surface area contributed by atoms with Crippen LogP contribution in [-0.2, 0) is 4.79 Å². The first-order chi connectivity index (χ1) is 10.4. The maximum Gasteiger partial charge on any atom is 0.223 e. The Bertz CT molecular complexity index is 532. The molecule has 3 N–H and O–H groups in total. The molecule has 1 aliphatic carbocycles. The number of benzene rings is 1. The highest BCUT2D eigenvalue weighted by Crippen LogP contribution is 2.37. The van der Waals surface area contributed by atoms with E-state index in [1.54, 1.807) is 0 Å². The van der Waals surface area contributed by atoms with Crippen molar-refractivity contribution in [1.29, 1.82) is 0 Å².